The van der Waals surface area contributed by atoms with Crippen molar-refractivity contribution >= 4 is 11.3 Å². The summed E-state index contributed by atoms with van der Waals surface area (Å²) in [6.45, 7) is 4.29. The molecular formula is C8H13NS. The minimum atomic E-state index is 0.222. The summed E-state index contributed by atoms with van der Waals surface area (Å²) in [5.41, 5.74) is 5.89. The first-order chi connectivity index (χ1) is 4.72. The van der Waals surface area contributed by atoms with Crippen molar-refractivity contribution in [2.75, 3.05) is 0 Å². The molecular weight excluding hydrogens is 142 g/mol. The van der Waals surface area contributed by atoms with Crippen LogP contribution in [0.5, 0.6) is 0 Å². The minimum Gasteiger partial charge on any atom is -0.323 e. The van der Waals surface area contributed by atoms with Gasteiger partial charge >= 0.3 is 0 Å². The summed E-state index contributed by atoms with van der Waals surface area (Å²) in [5.74, 6) is 0.540. The normalized spacial score (nSPS) is 14.0. The Bertz CT molecular complexity index is 179. The molecule has 0 aliphatic heterocycles. The van der Waals surface area contributed by atoms with Crippen LogP contribution in [0.2, 0.25) is 0 Å². The van der Waals surface area contributed by atoms with E-state index in [-0.39, 0.29) is 6.04 Å². The predicted octanol–water partition coefficient (Wildman–Crippen LogP) is 2.40. The van der Waals surface area contributed by atoms with Gasteiger partial charge in [-0.25, -0.2) is 0 Å². The summed E-state index contributed by atoms with van der Waals surface area (Å²) in [6.07, 6.45) is 0. The summed E-state index contributed by atoms with van der Waals surface area (Å²) in [6, 6.07) is 4.36. The van der Waals surface area contributed by atoms with Crippen LogP contribution in [0.3, 0.4) is 0 Å². The van der Waals surface area contributed by atoms with Gasteiger partial charge in [-0.3, -0.25) is 0 Å². The number of nitrogens with two attached hydrogens (primary N) is 1. The van der Waals surface area contributed by atoms with Crippen LogP contribution in [0.15, 0.2) is 17.5 Å². The van der Waals surface area contributed by atoms with Gasteiger partial charge in [0.1, 0.15) is 0 Å². The highest BCUT2D eigenvalue weighted by molar-refractivity contribution is 7.10. The van der Waals surface area contributed by atoms with Crippen molar-refractivity contribution in [3.63, 3.8) is 0 Å². The first kappa shape index (κ1) is 7.76. The first-order valence-corrected chi connectivity index (χ1v) is 4.38. The van der Waals surface area contributed by atoms with Crippen LogP contribution < -0.4 is 5.73 Å². The van der Waals surface area contributed by atoms with Crippen LogP contribution in [-0.4, -0.2) is 0 Å². The Labute approximate surface area is 65.9 Å². The third kappa shape index (κ3) is 1.58. The molecule has 0 unspecified atom stereocenters. The van der Waals surface area contributed by atoms with Crippen LogP contribution in [0.4, 0.5) is 0 Å². The van der Waals surface area contributed by atoms with E-state index in [2.05, 4.69) is 25.3 Å². The molecule has 1 nitrogen and oxygen atoms in total. The molecule has 0 radical (unpaired) electrons. The summed E-state index contributed by atoms with van der Waals surface area (Å²) >= 11 is 1.73. The van der Waals surface area contributed by atoms with E-state index in [0.717, 1.165) is 0 Å². The van der Waals surface area contributed by atoms with Crippen molar-refractivity contribution in [3.8, 4) is 0 Å². The van der Waals surface area contributed by atoms with Gasteiger partial charge in [0.2, 0.25) is 0 Å². The highest BCUT2D eigenvalue weighted by atomic mass is 32.1. The van der Waals surface area contributed by atoms with E-state index in [9.17, 15) is 0 Å². The van der Waals surface area contributed by atoms with E-state index < -0.39 is 0 Å². The van der Waals surface area contributed by atoms with Crippen LogP contribution in [-0.2, 0) is 0 Å². The Morgan fingerprint density at radius 1 is 1.50 bits per heavy atom. The zero-order valence-corrected chi connectivity index (χ0v) is 7.19. The minimum absolute atomic E-state index is 0.222. The Balaban J connectivity index is 2.68. The maximum Gasteiger partial charge on any atom is 0.0413 e. The molecule has 0 saturated carbocycles. The molecule has 0 bridgehead atoms. The number of hydrogen-bond donors (Lipinski definition) is 1. The highest BCUT2D eigenvalue weighted by Gasteiger charge is 2.09. The van der Waals surface area contributed by atoms with E-state index in [1.165, 1.54) is 4.88 Å². The Morgan fingerprint density at radius 2 is 2.20 bits per heavy atom. The monoisotopic (exact) mass is 155 g/mol. The molecule has 0 fully saturated rings. The average molecular weight is 155 g/mol. The van der Waals surface area contributed by atoms with Crippen molar-refractivity contribution in [1.29, 1.82) is 0 Å². The Kier molecular flexibility index (Phi) is 2.46. The standard InChI is InChI=1S/C8H13NS/c1-6(2)8(9)7-4-3-5-10-7/h3-6,8H,9H2,1-2H3/t8-/m1/s1. The molecule has 1 rings (SSSR count). The van der Waals surface area contributed by atoms with Crippen LogP contribution in [0.1, 0.15) is 24.8 Å². The molecule has 0 aliphatic carbocycles. The lowest BCUT2D eigenvalue weighted by molar-refractivity contribution is 0.521. The molecule has 2 heteroatoms. The Hall–Kier alpha value is -0.340. The maximum absolute atomic E-state index is 5.89. The summed E-state index contributed by atoms with van der Waals surface area (Å²) in [4.78, 5) is 1.29. The molecule has 10 heavy (non-hydrogen) atoms. The van der Waals surface area contributed by atoms with Gasteiger partial charge in [-0.05, 0) is 17.4 Å². The lowest BCUT2D eigenvalue weighted by atomic mass is 10.0. The van der Waals surface area contributed by atoms with E-state index in [0.29, 0.717) is 5.92 Å². The van der Waals surface area contributed by atoms with E-state index in [1.54, 1.807) is 11.3 Å². The largest absolute Gasteiger partial charge is 0.323 e. The van der Waals surface area contributed by atoms with E-state index in [4.69, 9.17) is 5.73 Å². The maximum atomic E-state index is 5.89. The molecule has 2 N–H and O–H groups in total. The summed E-state index contributed by atoms with van der Waals surface area (Å²) < 4.78 is 0. The van der Waals surface area contributed by atoms with Gasteiger partial charge in [0.05, 0.1) is 0 Å². The number of rotatable bonds is 2. The van der Waals surface area contributed by atoms with Gasteiger partial charge in [0.25, 0.3) is 0 Å². The zero-order chi connectivity index (χ0) is 7.56. The van der Waals surface area contributed by atoms with Gasteiger partial charge < -0.3 is 5.73 Å². The van der Waals surface area contributed by atoms with Crippen molar-refractivity contribution in [2.45, 2.75) is 19.9 Å². The molecule has 0 saturated heterocycles. The predicted molar refractivity (Wildman–Crippen MR) is 46.1 cm³/mol. The quantitative estimate of drug-likeness (QED) is 0.697. The van der Waals surface area contributed by atoms with Crippen molar-refractivity contribution < 1.29 is 0 Å². The molecule has 0 aliphatic rings. The van der Waals surface area contributed by atoms with Gasteiger partial charge in [-0.2, -0.15) is 0 Å². The van der Waals surface area contributed by atoms with Crippen LogP contribution >= 0.6 is 11.3 Å². The van der Waals surface area contributed by atoms with Gasteiger partial charge in [0, 0.05) is 10.9 Å². The molecule has 1 heterocycles. The van der Waals surface area contributed by atoms with Gasteiger partial charge in [0.15, 0.2) is 0 Å². The van der Waals surface area contributed by atoms with Crippen LogP contribution in [0.25, 0.3) is 0 Å². The van der Waals surface area contributed by atoms with Gasteiger partial charge in [-0.1, -0.05) is 19.9 Å². The molecule has 0 spiro atoms. The number of hydrogen-bond acceptors (Lipinski definition) is 2. The fourth-order valence-corrected chi connectivity index (χ4v) is 1.71. The molecule has 0 aromatic carbocycles. The second-order valence-electron chi connectivity index (χ2n) is 2.79. The van der Waals surface area contributed by atoms with Crippen molar-refractivity contribution in [2.24, 2.45) is 11.7 Å². The second kappa shape index (κ2) is 3.17. The summed E-state index contributed by atoms with van der Waals surface area (Å²) in [7, 11) is 0. The lowest BCUT2D eigenvalue weighted by Crippen LogP contribution is -2.14. The first-order valence-electron chi connectivity index (χ1n) is 3.51. The highest BCUT2D eigenvalue weighted by Crippen LogP contribution is 2.22. The van der Waals surface area contributed by atoms with E-state index in [1.807, 2.05) is 6.07 Å². The molecule has 1 atom stereocenters. The molecule has 0 amide bonds. The average Bonchev–Trinajstić information content (AvgIpc) is 2.36. The van der Waals surface area contributed by atoms with Gasteiger partial charge in [-0.15, -0.1) is 11.3 Å². The SMILES string of the molecule is CC(C)[C@@H](N)c1cccs1. The lowest BCUT2D eigenvalue weighted by Gasteiger charge is -2.12. The topological polar surface area (TPSA) is 26.0 Å². The number of thiophene rings is 1. The Morgan fingerprint density at radius 3 is 2.60 bits per heavy atom. The third-order valence-electron chi connectivity index (χ3n) is 1.59. The van der Waals surface area contributed by atoms with Crippen molar-refractivity contribution in [1.82, 2.24) is 0 Å². The molecule has 1 aromatic heterocycles. The molecule has 1 aromatic rings. The van der Waals surface area contributed by atoms with Crippen molar-refractivity contribution in [3.05, 3.63) is 22.4 Å². The summed E-state index contributed by atoms with van der Waals surface area (Å²) in [5, 5.41) is 2.07. The second-order valence-corrected chi connectivity index (χ2v) is 3.76. The fraction of sp³-hybridized carbons (Fsp3) is 0.500. The zero-order valence-electron chi connectivity index (χ0n) is 6.37. The fourth-order valence-electron chi connectivity index (χ4n) is 0.809. The smallest absolute Gasteiger partial charge is 0.0413 e. The molecule has 56 valence electrons. The van der Waals surface area contributed by atoms with E-state index >= 15 is 0 Å². The third-order valence-corrected chi connectivity index (χ3v) is 2.56. The van der Waals surface area contributed by atoms with Crippen LogP contribution in [0, 0.1) is 5.92 Å².